The van der Waals surface area contributed by atoms with E-state index in [-0.39, 0.29) is 16.7 Å². The molecular weight excluding hydrogens is 426 g/mol. The van der Waals surface area contributed by atoms with Crippen molar-refractivity contribution in [1.82, 2.24) is 10.2 Å². The van der Waals surface area contributed by atoms with E-state index in [2.05, 4.69) is 10.0 Å². The fourth-order valence-electron chi connectivity index (χ4n) is 3.32. The van der Waals surface area contributed by atoms with Gasteiger partial charge >= 0.3 is 0 Å². The van der Waals surface area contributed by atoms with Gasteiger partial charge in [-0.25, -0.2) is 8.42 Å². The molecule has 30 heavy (non-hydrogen) atoms. The Hall–Kier alpha value is -2.58. The van der Waals surface area contributed by atoms with Gasteiger partial charge in [0.1, 0.15) is 6.04 Å². The molecule has 1 aliphatic heterocycles. The average molecular weight is 450 g/mol. The molecule has 0 aromatic heterocycles. The zero-order valence-electron chi connectivity index (χ0n) is 16.6. The van der Waals surface area contributed by atoms with Crippen LogP contribution in [0.25, 0.3) is 0 Å². The number of nitrogens with one attached hydrogen (secondary N) is 2. The van der Waals surface area contributed by atoms with E-state index < -0.39 is 16.1 Å². The van der Waals surface area contributed by atoms with Gasteiger partial charge in [-0.15, -0.1) is 0 Å². The van der Waals surface area contributed by atoms with Crippen molar-refractivity contribution >= 4 is 39.1 Å². The second-order valence-corrected chi connectivity index (χ2v) is 9.20. The van der Waals surface area contributed by atoms with Crippen LogP contribution in [0, 0.1) is 0 Å². The molecule has 1 unspecified atom stereocenters. The number of likely N-dealkylation sites (tertiary alicyclic amines) is 1. The molecule has 1 heterocycles. The molecule has 2 aromatic carbocycles. The predicted molar refractivity (Wildman–Crippen MR) is 116 cm³/mol. The van der Waals surface area contributed by atoms with E-state index in [1.165, 1.54) is 36.4 Å². The number of nitrogens with zero attached hydrogens (tertiary/aromatic N) is 1. The van der Waals surface area contributed by atoms with Gasteiger partial charge in [-0.1, -0.05) is 18.5 Å². The van der Waals surface area contributed by atoms with Crippen LogP contribution in [0.2, 0.25) is 5.02 Å². The van der Waals surface area contributed by atoms with Crippen LogP contribution in [0.5, 0.6) is 0 Å². The lowest BCUT2D eigenvalue weighted by atomic mass is 10.1. The van der Waals surface area contributed by atoms with Crippen molar-refractivity contribution in [2.24, 2.45) is 0 Å². The lowest BCUT2D eigenvalue weighted by Gasteiger charge is -2.24. The zero-order valence-corrected chi connectivity index (χ0v) is 18.2. The minimum atomic E-state index is -3.76. The largest absolute Gasteiger partial charge is 0.354 e. The second kappa shape index (κ2) is 9.49. The predicted octanol–water partition coefficient (Wildman–Crippen LogP) is 3.27. The number of hydrogen-bond acceptors (Lipinski definition) is 4. The van der Waals surface area contributed by atoms with Gasteiger partial charge in [-0.05, 0) is 67.8 Å². The molecule has 2 amide bonds. The summed E-state index contributed by atoms with van der Waals surface area (Å²) in [6, 6.07) is 11.5. The maximum Gasteiger partial charge on any atom is 0.261 e. The third kappa shape index (κ3) is 5.12. The first-order valence-corrected chi connectivity index (χ1v) is 11.6. The summed E-state index contributed by atoms with van der Waals surface area (Å²) >= 11 is 5.80. The zero-order chi connectivity index (χ0) is 21.7. The van der Waals surface area contributed by atoms with Gasteiger partial charge in [-0.2, -0.15) is 0 Å². The molecule has 0 aliphatic carbocycles. The first kappa shape index (κ1) is 22.1. The van der Waals surface area contributed by atoms with Crippen molar-refractivity contribution in [2.45, 2.75) is 37.1 Å². The maximum absolute atomic E-state index is 12.9. The topological polar surface area (TPSA) is 95.6 Å². The van der Waals surface area contributed by atoms with Crippen LogP contribution < -0.4 is 10.0 Å². The van der Waals surface area contributed by atoms with Gasteiger partial charge in [0.25, 0.3) is 15.9 Å². The van der Waals surface area contributed by atoms with Crippen LogP contribution in [0.3, 0.4) is 0 Å². The Morgan fingerprint density at radius 3 is 2.40 bits per heavy atom. The van der Waals surface area contributed by atoms with Crippen LogP contribution in [-0.2, 0) is 14.8 Å². The van der Waals surface area contributed by atoms with E-state index in [0.717, 1.165) is 12.8 Å². The number of anilines is 1. The third-order valence-corrected chi connectivity index (χ3v) is 6.52. The smallest absolute Gasteiger partial charge is 0.261 e. The van der Waals surface area contributed by atoms with Gasteiger partial charge < -0.3 is 10.2 Å². The fourth-order valence-corrected chi connectivity index (χ4v) is 4.51. The number of hydrogen-bond donors (Lipinski definition) is 2. The summed E-state index contributed by atoms with van der Waals surface area (Å²) in [5.41, 5.74) is 0.736. The van der Waals surface area contributed by atoms with Crippen LogP contribution >= 0.6 is 11.6 Å². The highest BCUT2D eigenvalue weighted by Crippen LogP contribution is 2.22. The standard InChI is InChI=1S/C21H24ClN3O4S/c1-2-13-23-20(26)19-4-3-14-25(19)21(27)15-5-9-17(10-6-15)24-30(28,29)18-11-7-16(22)8-12-18/h5-12,19,24H,2-4,13-14H2,1H3,(H,23,26). The molecular formula is C21H24ClN3O4S. The molecule has 1 fully saturated rings. The minimum absolute atomic E-state index is 0.0880. The number of rotatable bonds is 7. The Morgan fingerprint density at radius 1 is 1.10 bits per heavy atom. The van der Waals surface area contributed by atoms with E-state index in [9.17, 15) is 18.0 Å². The number of carbonyl (C=O) groups is 2. The van der Waals surface area contributed by atoms with E-state index in [1.807, 2.05) is 6.92 Å². The van der Waals surface area contributed by atoms with Gasteiger partial charge in [-0.3, -0.25) is 14.3 Å². The Morgan fingerprint density at radius 2 is 1.77 bits per heavy atom. The molecule has 1 atom stereocenters. The van der Waals surface area contributed by atoms with Gasteiger partial charge in [0, 0.05) is 29.4 Å². The molecule has 0 radical (unpaired) electrons. The van der Waals surface area contributed by atoms with Crippen molar-refractivity contribution in [3.63, 3.8) is 0 Å². The molecule has 7 nitrogen and oxygen atoms in total. The van der Waals surface area contributed by atoms with Crippen molar-refractivity contribution in [3.05, 3.63) is 59.1 Å². The van der Waals surface area contributed by atoms with Crippen LogP contribution in [-0.4, -0.2) is 44.3 Å². The highest BCUT2D eigenvalue weighted by Gasteiger charge is 2.34. The van der Waals surface area contributed by atoms with Crippen LogP contribution in [0.4, 0.5) is 5.69 Å². The lowest BCUT2D eigenvalue weighted by Crippen LogP contribution is -2.46. The maximum atomic E-state index is 12.9. The fraction of sp³-hybridized carbons (Fsp3) is 0.333. The van der Waals surface area contributed by atoms with Crippen molar-refractivity contribution in [2.75, 3.05) is 17.8 Å². The number of halogens is 1. The average Bonchev–Trinajstić information content (AvgIpc) is 3.22. The highest BCUT2D eigenvalue weighted by atomic mass is 35.5. The summed E-state index contributed by atoms with van der Waals surface area (Å²) in [4.78, 5) is 26.9. The second-order valence-electron chi connectivity index (χ2n) is 7.08. The molecule has 1 saturated heterocycles. The van der Waals surface area contributed by atoms with Crippen molar-refractivity contribution in [1.29, 1.82) is 0 Å². The number of carbonyl (C=O) groups excluding carboxylic acids is 2. The Balaban J connectivity index is 1.69. The first-order chi connectivity index (χ1) is 14.3. The molecule has 160 valence electrons. The number of benzene rings is 2. The summed E-state index contributed by atoms with van der Waals surface area (Å²) in [6.45, 7) is 3.08. The first-order valence-electron chi connectivity index (χ1n) is 9.79. The summed E-state index contributed by atoms with van der Waals surface area (Å²) in [5, 5.41) is 3.29. The van der Waals surface area contributed by atoms with Crippen LogP contribution in [0.1, 0.15) is 36.5 Å². The summed E-state index contributed by atoms with van der Waals surface area (Å²) in [7, 11) is -3.76. The molecule has 2 N–H and O–H groups in total. The molecule has 0 saturated carbocycles. The van der Waals surface area contributed by atoms with E-state index in [4.69, 9.17) is 11.6 Å². The molecule has 3 rings (SSSR count). The molecule has 0 spiro atoms. The monoisotopic (exact) mass is 449 g/mol. The Bertz CT molecular complexity index is 1010. The summed E-state index contributed by atoms with van der Waals surface area (Å²) in [5.74, 6) is -0.369. The lowest BCUT2D eigenvalue weighted by molar-refractivity contribution is -0.124. The Kier molecular flexibility index (Phi) is 6.99. The van der Waals surface area contributed by atoms with E-state index in [1.54, 1.807) is 17.0 Å². The molecule has 9 heteroatoms. The van der Waals surface area contributed by atoms with E-state index in [0.29, 0.717) is 35.8 Å². The molecule has 1 aliphatic rings. The number of sulfonamides is 1. The SMILES string of the molecule is CCCNC(=O)C1CCCN1C(=O)c1ccc(NS(=O)(=O)c2ccc(Cl)cc2)cc1. The summed E-state index contributed by atoms with van der Waals surface area (Å²) < 4.78 is 27.4. The van der Waals surface area contributed by atoms with Gasteiger partial charge in [0.2, 0.25) is 5.91 Å². The molecule has 0 bridgehead atoms. The van der Waals surface area contributed by atoms with Gasteiger partial charge in [0.15, 0.2) is 0 Å². The summed E-state index contributed by atoms with van der Waals surface area (Å²) in [6.07, 6.45) is 2.25. The quantitative estimate of drug-likeness (QED) is 0.678. The van der Waals surface area contributed by atoms with Crippen LogP contribution in [0.15, 0.2) is 53.4 Å². The third-order valence-electron chi connectivity index (χ3n) is 4.87. The number of amides is 2. The highest BCUT2D eigenvalue weighted by molar-refractivity contribution is 7.92. The van der Waals surface area contributed by atoms with Crippen molar-refractivity contribution < 1.29 is 18.0 Å². The minimum Gasteiger partial charge on any atom is -0.354 e. The Labute approximate surface area is 181 Å². The van der Waals surface area contributed by atoms with Gasteiger partial charge in [0.05, 0.1) is 4.90 Å². The normalized spacial score (nSPS) is 16.3. The van der Waals surface area contributed by atoms with E-state index >= 15 is 0 Å². The molecule has 2 aromatic rings. The van der Waals surface area contributed by atoms with Crippen molar-refractivity contribution in [3.8, 4) is 0 Å².